The third kappa shape index (κ3) is 4.23. The molecule has 3 aromatic rings. The molecule has 27 heavy (non-hydrogen) atoms. The van der Waals surface area contributed by atoms with Crippen molar-refractivity contribution < 1.29 is 13.2 Å². The number of aryl methyl sites for hydroxylation is 3. The molecule has 0 aliphatic carbocycles. The highest BCUT2D eigenvalue weighted by molar-refractivity contribution is 7.89. The second-order valence-electron chi connectivity index (χ2n) is 6.64. The van der Waals surface area contributed by atoms with Crippen LogP contribution in [0.25, 0.3) is 10.2 Å². The molecule has 0 spiro atoms. The molecule has 0 unspecified atom stereocenters. The fourth-order valence-electron chi connectivity index (χ4n) is 2.67. The van der Waals surface area contributed by atoms with E-state index in [0.29, 0.717) is 10.4 Å². The summed E-state index contributed by atoms with van der Waals surface area (Å²) in [4.78, 5) is 11.8. The van der Waals surface area contributed by atoms with Gasteiger partial charge >= 0.3 is 4.87 Å². The van der Waals surface area contributed by atoms with Crippen molar-refractivity contribution >= 4 is 31.6 Å². The SMILES string of the molecule is Cc1ccc(OC[C@@H](C)NS(=O)(=O)c2ccc3c(c2)sc(=O)n3C)cc1C. The highest BCUT2D eigenvalue weighted by atomic mass is 32.2. The first-order chi connectivity index (χ1) is 12.7. The van der Waals surface area contributed by atoms with E-state index in [0.717, 1.165) is 22.4 Å². The second kappa shape index (κ2) is 7.46. The maximum absolute atomic E-state index is 12.6. The van der Waals surface area contributed by atoms with Gasteiger partial charge in [-0.1, -0.05) is 17.4 Å². The quantitative estimate of drug-likeness (QED) is 0.683. The largest absolute Gasteiger partial charge is 0.492 e. The average molecular weight is 407 g/mol. The number of thiazole rings is 1. The number of sulfonamides is 1. The van der Waals surface area contributed by atoms with Crippen LogP contribution in [0.2, 0.25) is 0 Å². The molecule has 3 rings (SSSR count). The maximum atomic E-state index is 12.6. The summed E-state index contributed by atoms with van der Waals surface area (Å²) in [7, 11) is -2.04. The Balaban J connectivity index is 1.71. The summed E-state index contributed by atoms with van der Waals surface area (Å²) in [5.41, 5.74) is 3.01. The third-order valence-corrected chi connectivity index (χ3v) is 6.99. The molecule has 8 heteroatoms. The number of fused-ring (bicyclic) bond motifs is 1. The molecule has 144 valence electrons. The van der Waals surface area contributed by atoms with E-state index in [4.69, 9.17) is 4.74 Å². The van der Waals surface area contributed by atoms with Crippen molar-refractivity contribution in [3.63, 3.8) is 0 Å². The number of rotatable bonds is 6. The summed E-state index contributed by atoms with van der Waals surface area (Å²) in [6, 6.07) is 10.0. The van der Waals surface area contributed by atoms with Crippen LogP contribution in [-0.4, -0.2) is 25.6 Å². The van der Waals surface area contributed by atoms with Crippen LogP contribution in [0.15, 0.2) is 46.1 Å². The van der Waals surface area contributed by atoms with Gasteiger partial charge in [0.1, 0.15) is 12.4 Å². The molecule has 1 heterocycles. The van der Waals surface area contributed by atoms with Gasteiger partial charge in [-0.3, -0.25) is 4.79 Å². The Morgan fingerprint density at radius 3 is 2.59 bits per heavy atom. The van der Waals surface area contributed by atoms with E-state index in [1.165, 1.54) is 22.3 Å². The van der Waals surface area contributed by atoms with Gasteiger partial charge in [0.25, 0.3) is 0 Å². The highest BCUT2D eigenvalue weighted by Gasteiger charge is 2.19. The lowest BCUT2D eigenvalue weighted by Crippen LogP contribution is -2.36. The van der Waals surface area contributed by atoms with E-state index < -0.39 is 16.1 Å². The lowest BCUT2D eigenvalue weighted by molar-refractivity contribution is 0.287. The minimum Gasteiger partial charge on any atom is -0.492 e. The summed E-state index contributed by atoms with van der Waals surface area (Å²) < 4.78 is 35.8. The van der Waals surface area contributed by atoms with Crippen molar-refractivity contribution in [2.75, 3.05) is 6.61 Å². The van der Waals surface area contributed by atoms with Gasteiger partial charge in [-0.2, -0.15) is 0 Å². The van der Waals surface area contributed by atoms with E-state index in [1.807, 2.05) is 32.0 Å². The van der Waals surface area contributed by atoms with Crippen molar-refractivity contribution in [3.05, 3.63) is 57.2 Å². The molecule has 0 aliphatic heterocycles. The van der Waals surface area contributed by atoms with Gasteiger partial charge in [-0.25, -0.2) is 13.1 Å². The second-order valence-corrected chi connectivity index (χ2v) is 9.34. The van der Waals surface area contributed by atoms with Crippen molar-refractivity contribution in [2.24, 2.45) is 7.05 Å². The van der Waals surface area contributed by atoms with Gasteiger partial charge in [0.15, 0.2) is 0 Å². The third-order valence-electron chi connectivity index (χ3n) is 4.41. The predicted molar refractivity (Wildman–Crippen MR) is 108 cm³/mol. The molecular formula is C19H22N2O4S2. The first-order valence-corrected chi connectivity index (χ1v) is 10.8. The topological polar surface area (TPSA) is 77.4 Å². The highest BCUT2D eigenvalue weighted by Crippen LogP contribution is 2.21. The first-order valence-electron chi connectivity index (χ1n) is 8.49. The first kappa shape index (κ1) is 19.6. The molecule has 1 atom stereocenters. The number of ether oxygens (including phenoxy) is 1. The van der Waals surface area contributed by atoms with Crippen LogP contribution in [0, 0.1) is 13.8 Å². The molecule has 0 radical (unpaired) electrons. The number of hydrogen-bond acceptors (Lipinski definition) is 5. The van der Waals surface area contributed by atoms with E-state index in [1.54, 1.807) is 20.0 Å². The van der Waals surface area contributed by atoms with Gasteiger partial charge in [0.05, 0.1) is 21.2 Å². The predicted octanol–water partition coefficient (Wildman–Crippen LogP) is 2.96. The fourth-order valence-corrected chi connectivity index (χ4v) is 4.92. The van der Waals surface area contributed by atoms with Crippen LogP contribution < -0.4 is 14.3 Å². The zero-order valence-corrected chi connectivity index (χ0v) is 17.3. The Morgan fingerprint density at radius 2 is 1.89 bits per heavy atom. The van der Waals surface area contributed by atoms with Crippen LogP contribution in [0.5, 0.6) is 5.75 Å². The summed E-state index contributed by atoms with van der Waals surface area (Å²) in [5.74, 6) is 0.708. The van der Waals surface area contributed by atoms with E-state index in [-0.39, 0.29) is 16.4 Å². The Bertz CT molecular complexity index is 1150. The summed E-state index contributed by atoms with van der Waals surface area (Å²) in [5, 5.41) is 0. The van der Waals surface area contributed by atoms with Crippen molar-refractivity contribution in [1.82, 2.24) is 9.29 Å². The zero-order chi connectivity index (χ0) is 19.8. The molecule has 2 aromatic carbocycles. The minimum absolute atomic E-state index is 0.123. The van der Waals surface area contributed by atoms with Crippen molar-refractivity contribution in [3.8, 4) is 5.75 Å². The van der Waals surface area contributed by atoms with Crippen LogP contribution in [0.4, 0.5) is 0 Å². The van der Waals surface area contributed by atoms with Gasteiger partial charge in [0.2, 0.25) is 10.0 Å². The van der Waals surface area contributed by atoms with E-state index >= 15 is 0 Å². The Hall–Kier alpha value is -2.16. The van der Waals surface area contributed by atoms with Crippen LogP contribution in [0.3, 0.4) is 0 Å². The Labute approximate surface area is 162 Å². The van der Waals surface area contributed by atoms with E-state index in [9.17, 15) is 13.2 Å². The number of hydrogen-bond donors (Lipinski definition) is 1. The molecule has 6 nitrogen and oxygen atoms in total. The standard InChI is InChI=1S/C19H22N2O4S2/c1-12-5-6-15(9-13(12)2)25-11-14(3)20-27(23,24)16-7-8-17-18(10-16)26-19(22)21(17)4/h5-10,14,20H,11H2,1-4H3/t14-/m1/s1. The molecule has 0 saturated heterocycles. The molecule has 1 aromatic heterocycles. The Kier molecular flexibility index (Phi) is 5.41. The van der Waals surface area contributed by atoms with Gasteiger partial charge < -0.3 is 9.30 Å². The van der Waals surface area contributed by atoms with Gasteiger partial charge in [-0.15, -0.1) is 0 Å². The summed E-state index contributed by atoms with van der Waals surface area (Å²) >= 11 is 1.03. The average Bonchev–Trinajstić information content (AvgIpc) is 2.89. The van der Waals surface area contributed by atoms with Gasteiger partial charge in [0, 0.05) is 7.05 Å². The molecule has 0 saturated carbocycles. The normalized spacial score (nSPS) is 13.0. The van der Waals surface area contributed by atoms with Crippen LogP contribution in [0.1, 0.15) is 18.1 Å². The maximum Gasteiger partial charge on any atom is 0.307 e. The molecule has 0 fully saturated rings. The molecule has 0 aliphatic rings. The minimum atomic E-state index is -3.71. The van der Waals surface area contributed by atoms with Crippen LogP contribution in [-0.2, 0) is 17.1 Å². The number of benzene rings is 2. The van der Waals surface area contributed by atoms with Crippen molar-refractivity contribution in [2.45, 2.75) is 31.7 Å². The summed E-state index contributed by atoms with van der Waals surface area (Å²) in [6.45, 7) is 5.99. The monoisotopic (exact) mass is 406 g/mol. The lowest BCUT2D eigenvalue weighted by atomic mass is 10.1. The van der Waals surface area contributed by atoms with E-state index in [2.05, 4.69) is 4.72 Å². The number of nitrogens with zero attached hydrogens (tertiary/aromatic N) is 1. The molecule has 0 bridgehead atoms. The zero-order valence-electron chi connectivity index (χ0n) is 15.6. The number of aromatic nitrogens is 1. The van der Waals surface area contributed by atoms with Crippen LogP contribution >= 0.6 is 11.3 Å². The molecular weight excluding hydrogens is 384 g/mol. The molecule has 1 N–H and O–H groups in total. The smallest absolute Gasteiger partial charge is 0.307 e. The van der Waals surface area contributed by atoms with Gasteiger partial charge in [-0.05, 0) is 62.2 Å². The molecule has 0 amide bonds. The van der Waals surface area contributed by atoms with Crippen molar-refractivity contribution in [1.29, 1.82) is 0 Å². The Morgan fingerprint density at radius 1 is 1.15 bits per heavy atom. The number of nitrogens with one attached hydrogen (secondary N) is 1. The fraction of sp³-hybridized carbons (Fsp3) is 0.316. The summed E-state index contributed by atoms with van der Waals surface area (Å²) in [6.07, 6.45) is 0. The lowest BCUT2D eigenvalue weighted by Gasteiger charge is -2.16.